The van der Waals surface area contributed by atoms with Gasteiger partial charge in [-0.25, -0.2) is 0 Å². The van der Waals surface area contributed by atoms with Gasteiger partial charge in [0.1, 0.15) is 5.01 Å². The van der Waals surface area contributed by atoms with E-state index in [1.807, 2.05) is 6.92 Å². The topological polar surface area (TPSA) is 29.0 Å². The van der Waals surface area contributed by atoms with Crippen LogP contribution in [-0.4, -0.2) is 22.8 Å². The number of aromatic nitrogens is 2. The fraction of sp³-hybridized carbons (Fsp3) is 0.800. The van der Waals surface area contributed by atoms with E-state index in [0.29, 0.717) is 6.04 Å². The maximum Gasteiger partial charge on any atom is 0.208 e. The molecule has 1 unspecified atom stereocenters. The SMILES string of the molecule is CCC1CCCCN1c1nnc(C)s1. The van der Waals surface area contributed by atoms with Crippen LogP contribution in [0.4, 0.5) is 5.13 Å². The maximum absolute atomic E-state index is 4.23. The molecule has 0 saturated carbocycles. The average Bonchev–Trinajstić information content (AvgIpc) is 2.65. The highest BCUT2D eigenvalue weighted by molar-refractivity contribution is 7.15. The molecular weight excluding hydrogens is 194 g/mol. The lowest BCUT2D eigenvalue weighted by atomic mass is 10.0. The molecule has 0 N–H and O–H groups in total. The van der Waals surface area contributed by atoms with E-state index in [-0.39, 0.29) is 0 Å². The number of hydrogen-bond donors (Lipinski definition) is 0. The first-order valence-corrected chi connectivity index (χ1v) is 6.19. The van der Waals surface area contributed by atoms with Gasteiger partial charge in [-0.1, -0.05) is 18.3 Å². The molecule has 1 aliphatic rings. The third-order valence-electron chi connectivity index (χ3n) is 2.86. The van der Waals surface area contributed by atoms with E-state index in [0.717, 1.165) is 16.7 Å². The molecule has 3 nitrogen and oxygen atoms in total. The molecule has 1 aliphatic heterocycles. The molecule has 2 rings (SSSR count). The molecular formula is C10H17N3S. The summed E-state index contributed by atoms with van der Waals surface area (Å²) in [6.45, 7) is 5.44. The molecule has 14 heavy (non-hydrogen) atoms. The van der Waals surface area contributed by atoms with E-state index >= 15 is 0 Å². The molecule has 78 valence electrons. The Morgan fingerprint density at radius 1 is 1.43 bits per heavy atom. The van der Waals surface area contributed by atoms with Gasteiger partial charge in [0.15, 0.2) is 0 Å². The summed E-state index contributed by atoms with van der Waals surface area (Å²) in [5.74, 6) is 0. The van der Waals surface area contributed by atoms with E-state index in [1.165, 1.54) is 25.7 Å². The number of anilines is 1. The third kappa shape index (κ3) is 1.90. The van der Waals surface area contributed by atoms with Crippen molar-refractivity contribution in [1.82, 2.24) is 10.2 Å². The van der Waals surface area contributed by atoms with Crippen molar-refractivity contribution in [2.45, 2.75) is 45.6 Å². The molecule has 0 aliphatic carbocycles. The molecule has 0 amide bonds. The fourth-order valence-electron chi connectivity index (χ4n) is 2.08. The van der Waals surface area contributed by atoms with Gasteiger partial charge in [-0.3, -0.25) is 0 Å². The van der Waals surface area contributed by atoms with Crippen molar-refractivity contribution in [3.8, 4) is 0 Å². The summed E-state index contributed by atoms with van der Waals surface area (Å²) in [5.41, 5.74) is 0. The summed E-state index contributed by atoms with van der Waals surface area (Å²) in [7, 11) is 0. The lowest BCUT2D eigenvalue weighted by molar-refractivity contribution is 0.448. The van der Waals surface area contributed by atoms with E-state index < -0.39 is 0 Å². The molecule has 1 fully saturated rings. The van der Waals surface area contributed by atoms with Crippen LogP contribution in [0.5, 0.6) is 0 Å². The summed E-state index contributed by atoms with van der Waals surface area (Å²) in [6.07, 6.45) is 5.20. The first-order chi connectivity index (χ1) is 6.81. The van der Waals surface area contributed by atoms with Gasteiger partial charge in [0.05, 0.1) is 0 Å². The molecule has 1 saturated heterocycles. The van der Waals surface area contributed by atoms with Crippen molar-refractivity contribution in [3.63, 3.8) is 0 Å². The minimum Gasteiger partial charge on any atom is -0.344 e. The Bertz CT molecular complexity index is 297. The minimum atomic E-state index is 0.691. The lowest BCUT2D eigenvalue weighted by Crippen LogP contribution is -2.39. The van der Waals surface area contributed by atoms with Crippen LogP contribution >= 0.6 is 11.3 Å². The number of aryl methyl sites for hydroxylation is 1. The molecule has 2 heterocycles. The van der Waals surface area contributed by atoms with Crippen LogP contribution < -0.4 is 4.90 Å². The van der Waals surface area contributed by atoms with Crippen LogP contribution in [0.1, 0.15) is 37.6 Å². The summed E-state index contributed by atoms with van der Waals surface area (Å²) >= 11 is 1.72. The van der Waals surface area contributed by atoms with E-state index in [4.69, 9.17) is 0 Å². The Morgan fingerprint density at radius 2 is 2.29 bits per heavy atom. The smallest absolute Gasteiger partial charge is 0.208 e. The maximum atomic E-state index is 4.23. The van der Waals surface area contributed by atoms with Crippen LogP contribution in [0.25, 0.3) is 0 Å². The van der Waals surface area contributed by atoms with Crippen molar-refractivity contribution < 1.29 is 0 Å². The van der Waals surface area contributed by atoms with Crippen molar-refractivity contribution in [2.24, 2.45) is 0 Å². The quantitative estimate of drug-likeness (QED) is 0.753. The lowest BCUT2D eigenvalue weighted by Gasteiger charge is -2.34. The number of nitrogens with zero attached hydrogens (tertiary/aromatic N) is 3. The van der Waals surface area contributed by atoms with Gasteiger partial charge in [0.25, 0.3) is 0 Å². The minimum absolute atomic E-state index is 0.691. The molecule has 1 aromatic heterocycles. The molecule has 4 heteroatoms. The normalized spacial score (nSPS) is 22.7. The second-order valence-electron chi connectivity index (χ2n) is 3.85. The molecule has 1 aromatic rings. The van der Waals surface area contributed by atoms with Gasteiger partial charge in [0.2, 0.25) is 5.13 Å². The van der Waals surface area contributed by atoms with Gasteiger partial charge >= 0.3 is 0 Å². The highest BCUT2D eigenvalue weighted by atomic mass is 32.1. The van der Waals surface area contributed by atoms with Crippen molar-refractivity contribution in [1.29, 1.82) is 0 Å². The third-order valence-corrected chi connectivity index (χ3v) is 3.74. The highest BCUT2D eigenvalue weighted by Gasteiger charge is 2.23. The Balaban J connectivity index is 2.14. The van der Waals surface area contributed by atoms with Gasteiger partial charge in [-0.05, 0) is 32.6 Å². The van der Waals surface area contributed by atoms with Crippen LogP contribution in [0.3, 0.4) is 0 Å². The zero-order chi connectivity index (χ0) is 9.97. The zero-order valence-corrected chi connectivity index (χ0v) is 9.68. The van der Waals surface area contributed by atoms with Gasteiger partial charge < -0.3 is 4.90 Å². The van der Waals surface area contributed by atoms with E-state index in [9.17, 15) is 0 Å². The van der Waals surface area contributed by atoms with Crippen LogP contribution in [-0.2, 0) is 0 Å². The molecule has 0 radical (unpaired) electrons. The Labute approximate surface area is 89.2 Å². The van der Waals surface area contributed by atoms with E-state index in [1.54, 1.807) is 11.3 Å². The monoisotopic (exact) mass is 211 g/mol. The van der Waals surface area contributed by atoms with Gasteiger partial charge in [0, 0.05) is 12.6 Å². The van der Waals surface area contributed by atoms with Crippen LogP contribution in [0, 0.1) is 6.92 Å². The van der Waals surface area contributed by atoms with Gasteiger partial charge in [-0.2, -0.15) is 0 Å². The second kappa shape index (κ2) is 4.26. The van der Waals surface area contributed by atoms with Crippen LogP contribution in [0.15, 0.2) is 0 Å². The Hall–Kier alpha value is -0.640. The van der Waals surface area contributed by atoms with Crippen molar-refractivity contribution in [3.05, 3.63) is 5.01 Å². The summed E-state index contributed by atoms with van der Waals surface area (Å²) < 4.78 is 0. The average molecular weight is 211 g/mol. The molecule has 0 bridgehead atoms. The summed E-state index contributed by atoms with van der Waals surface area (Å²) in [5, 5.41) is 10.5. The van der Waals surface area contributed by atoms with Crippen molar-refractivity contribution in [2.75, 3.05) is 11.4 Å². The largest absolute Gasteiger partial charge is 0.344 e. The van der Waals surface area contributed by atoms with Crippen LogP contribution in [0.2, 0.25) is 0 Å². The standard InChI is InChI=1S/C10H17N3S/c1-3-9-6-4-5-7-13(9)10-12-11-8(2)14-10/h9H,3-7H2,1-2H3. The molecule has 0 spiro atoms. The first-order valence-electron chi connectivity index (χ1n) is 5.38. The van der Waals surface area contributed by atoms with Gasteiger partial charge in [-0.15, -0.1) is 10.2 Å². The van der Waals surface area contributed by atoms with E-state index in [2.05, 4.69) is 22.0 Å². The summed E-state index contributed by atoms with van der Waals surface area (Å²) in [6, 6.07) is 0.691. The Kier molecular flexibility index (Phi) is 3.01. The fourth-order valence-corrected chi connectivity index (χ4v) is 2.86. The van der Waals surface area contributed by atoms with Crippen molar-refractivity contribution >= 4 is 16.5 Å². The molecule has 0 aromatic carbocycles. The first kappa shape index (κ1) is 9.90. The predicted molar refractivity (Wildman–Crippen MR) is 59.9 cm³/mol. The highest BCUT2D eigenvalue weighted by Crippen LogP contribution is 2.28. The summed E-state index contributed by atoms with van der Waals surface area (Å²) in [4.78, 5) is 2.44. The predicted octanol–water partition coefficient (Wildman–Crippen LogP) is 2.62. The number of piperidine rings is 1. The zero-order valence-electron chi connectivity index (χ0n) is 8.86. The number of hydrogen-bond acceptors (Lipinski definition) is 4. The molecule has 1 atom stereocenters. The number of rotatable bonds is 2. The Morgan fingerprint density at radius 3 is 2.93 bits per heavy atom. The second-order valence-corrected chi connectivity index (χ2v) is 5.01.